The smallest absolute Gasteiger partial charge is 0.236 e. The van der Waals surface area contributed by atoms with Crippen LogP contribution in [0.4, 0.5) is 0 Å². The summed E-state index contributed by atoms with van der Waals surface area (Å²) in [5.41, 5.74) is 2.50. The maximum Gasteiger partial charge on any atom is 0.236 e. The Hall–Kier alpha value is -1.35. The molecule has 0 bridgehead atoms. The zero-order valence-corrected chi connectivity index (χ0v) is 12.0. The first kappa shape index (κ1) is 14.1. The highest BCUT2D eigenvalue weighted by Gasteiger charge is 2.16. The molecule has 1 amide bonds. The molecule has 1 saturated heterocycles. The first-order valence-corrected chi connectivity index (χ1v) is 7.24. The SMILES string of the molecule is Cc1cccc(C(C)NCC(=O)N2CCCCC2)c1. The van der Waals surface area contributed by atoms with Crippen molar-refractivity contribution in [1.82, 2.24) is 10.2 Å². The summed E-state index contributed by atoms with van der Waals surface area (Å²) in [5.74, 6) is 0.235. The summed E-state index contributed by atoms with van der Waals surface area (Å²) in [6, 6.07) is 8.65. The first-order valence-electron chi connectivity index (χ1n) is 7.24. The van der Waals surface area contributed by atoms with Crippen LogP contribution in [0.25, 0.3) is 0 Å². The van der Waals surface area contributed by atoms with Crippen LogP contribution in [-0.2, 0) is 4.79 Å². The van der Waals surface area contributed by atoms with Crippen molar-refractivity contribution in [2.45, 2.75) is 39.2 Å². The lowest BCUT2D eigenvalue weighted by Crippen LogP contribution is -2.41. The molecule has 0 aliphatic carbocycles. The largest absolute Gasteiger partial charge is 0.342 e. The summed E-state index contributed by atoms with van der Waals surface area (Å²) >= 11 is 0. The zero-order chi connectivity index (χ0) is 13.7. The highest BCUT2D eigenvalue weighted by molar-refractivity contribution is 5.78. The standard InChI is InChI=1S/C16H24N2O/c1-13-7-6-8-15(11-13)14(2)17-12-16(19)18-9-4-3-5-10-18/h6-8,11,14,17H,3-5,9-10,12H2,1-2H3. The molecule has 3 nitrogen and oxygen atoms in total. The lowest BCUT2D eigenvalue weighted by molar-refractivity contribution is -0.131. The number of carbonyl (C=O) groups is 1. The van der Waals surface area contributed by atoms with Gasteiger partial charge in [-0.1, -0.05) is 29.8 Å². The topological polar surface area (TPSA) is 32.3 Å². The van der Waals surface area contributed by atoms with Crippen molar-refractivity contribution in [2.75, 3.05) is 19.6 Å². The van der Waals surface area contributed by atoms with Gasteiger partial charge in [0.25, 0.3) is 0 Å². The Morgan fingerprint density at radius 1 is 1.32 bits per heavy atom. The van der Waals surface area contributed by atoms with Gasteiger partial charge in [-0.2, -0.15) is 0 Å². The normalized spacial score (nSPS) is 17.3. The van der Waals surface area contributed by atoms with Crippen LogP contribution >= 0.6 is 0 Å². The number of piperidine rings is 1. The monoisotopic (exact) mass is 260 g/mol. The van der Waals surface area contributed by atoms with Gasteiger partial charge in [-0.15, -0.1) is 0 Å². The molecule has 1 N–H and O–H groups in total. The second-order valence-corrected chi connectivity index (χ2v) is 5.46. The van der Waals surface area contributed by atoms with E-state index in [1.165, 1.54) is 17.5 Å². The second-order valence-electron chi connectivity index (χ2n) is 5.46. The molecule has 1 aromatic carbocycles. The van der Waals surface area contributed by atoms with E-state index in [0.717, 1.165) is 25.9 Å². The lowest BCUT2D eigenvalue weighted by Gasteiger charge is -2.27. The molecule has 19 heavy (non-hydrogen) atoms. The fourth-order valence-corrected chi connectivity index (χ4v) is 2.55. The summed E-state index contributed by atoms with van der Waals surface area (Å²) < 4.78 is 0. The Morgan fingerprint density at radius 2 is 2.05 bits per heavy atom. The van der Waals surface area contributed by atoms with Crippen LogP contribution in [0.15, 0.2) is 24.3 Å². The molecule has 1 aliphatic rings. The van der Waals surface area contributed by atoms with Crippen LogP contribution in [0.2, 0.25) is 0 Å². The summed E-state index contributed by atoms with van der Waals surface area (Å²) in [7, 11) is 0. The predicted octanol–water partition coefficient (Wildman–Crippen LogP) is 2.66. The molecule has 0 saturated carbocycles. The summed E-state index contributed by atoms with van der Waals surface area (Å²) in [4.78, 5) is 14.0. The van der Waals surface area contributed by atoms with Crippen molar-refractivity contribution >= 4 is 5.91 Å². The maximum atomic E-state index is 12.1. The van der Waals surface area contributed by atoms with Gasteiger partial charge in [-0.3, -0.25) is 4.79 Å². The maximum absolute atomic E-state index is 12.1. The van der Waals surface area contributed by atoms with E-state index in [1.54, 1.807) is 0 Å². The van der Waals surface area contributed by atoms with Gasteiger partial charge in [0.05, 0.1) is 6.54 Å². The third kappa shape index (κ3) is 4.06. The van der Waals surface area contributed by atoms with Crippen molar-refractivity contribution in [3.05, 3.63) is 35.4 Å². The minimum absolute atomic E-state index is 0.216. The van der Waals surface area contributed by atoms with E-state index >= 15 is 0 Å². The van der Waals surface area contributed by atoms with Crippen LogP contribution < -0.4 is 5.32 Å². The Balaban J connectivity index is 1.82. The van der Waals surface area contributed by atoms with Gasteiger partial charge in [-0.25, -0.2) is 0 Å². The summed E-state index contributed by atoms with van der Waals surface area (Å²) in [6.45, 7) is 6.50. The average molecular weight is 260 g/mol. The molecule has 1 fully saturated rings. The van der Waals surface area contributed by atoms with Crippen LogP contribution in [0, 0.1) is 6.92 Å². The van der Waals surface area contributed by atoms with E-state index in [0.29, 0.717) is 6.54 Å². The van der Waals surface area contributed by atoms with E-state index in [1.807, 2.05) is 4.90 Å². The minimum atomic E-state index is 0.216. The van der Waals surface area contributed by atoms with Crippen molar-refractivity contribution in [2.24, 2.45) is 0 Å². The zero-order valence-electron chi connectivity index (χ0n) is 12.0. The van der Waals surface area contributed by atoms with Crippen LogP contribution in [0.5, 0.6) is 0 Å². The molecule has 1 aromatic rings. The van der Waals surface area contributed by atoms with Crippen LogP contribution in [0.1, 0.15) is 43.4 Å². The van der Waals surface area contributed by atoms with E-state index in [9.17, 15) is 4.79 Å². The summed E-state index contributed by atoms with van der Waals surface area (Å²) in [5, 5.41) is 3.33. The molecule has 1 atom stereocenters. The molecule has 1 heterocycles. The van der Waals surface area contributed by atoms with Crippen molar-refractivity contribution < 1.29 is 4.79 Å². The number of likely N-dealkylation sites (tertiary alicyclic amines) is 1. The van der Waals surface area contributed by atoms with Gasteiger partial charge in [0, 0.05) is 19.1 Å². The number of hydrogen-bond acceptors (Lipinski definition) is 2. The van der Waals surface area contributed by atoms with Crippen molar-refractivity contribution in [3.8, 4) is 0 Å². The van der Waals surface area contributed by atoms with Crippen molar-refractivity contribution in [3.63, 3.8) is 0 Å². The fourth-order valence-electron chi connectivity index (χ4n) is 2.55. The number of aryl methyl sites for hydroxylation is 1. The molecule has 0 spiro atoms. The number of nitrogens with one attached hydrogen (secondary N) is 1. The van der Waals surface area contributed by atoms with Gasteiger partial charge in [0.2, 0.25) is 5.91 Å². The first-order chi connectivity index (χ1) is 9.16. The van der Waals surface area contributed by atoms with Gasteiger partial charge in [0.15, 0.2) is 0 Å². The molecule has 1 aliphatic heterocycles. The lowest BCUT2D eigenvalue weighted by atomic mass is 10.1. The highest BCUT2D eigenvalue weighted by atomic mass is 16.2. The molecular formula is C16H24N2O. The van der Waals surface area contributed by atoms with Gasteiger partial charge < -0.3 is 10.2 Å². The fraction of sp³-hybridized carbons (Fsp3) is 0.562. The number of hydrogen-bond donors (Lipinski definition) is 1. The predicted molar refractivity (Wildman–Crippen MR) is 78.0 cm³/mol. The minimum Gasteiger partial charge on any atom is -0.342 e. The average Bonchev–Trinajstić information content (AvgIpc) is 2.45. The van der Waals surface area contributed by atoms with E-state index in [4.69, 9.17) is 0 Å². The quantitative estimate of drug-likeness (QED) is 0.902. The summed E-state index contributed by atoms with van der Waals surface area (Å²) in [6.07, 6.45) is 3.56. The van der Waals surface area contributed by atoms with E-state index in [-0.39, 0.29) is 11.9 Å². The molecule has 0 radical (unpaired) electrons. The number of benzene rings is 1. The van der Waals surface area contributed by atoms with Crippen molar-refractivity contribution in [1.29, 1.82) is 0 Å². The number of nitrogens with zero attached hydrogens (tertiary/aromatic N) is 1. The third-order valence-electron chi connectivity index (χ3n) is 3.81. The second kappa shape index (κ2) is 6.71. The van der Waals surface area contributed by atoms with Crippen LogP contribution in [-0.4, -0.2) is 30.4 Å². The molecule has 104 valence electrons. The van der Waals surface area contributed by atoms with Gasteiger partial charge in [-0.05, 0) is 38.7 Å². The number of carbonyl (C=O) groups excluding carboxylic acids is 1. The number of rotatable bonds is 4. The van der Waals surface area contributed by atoms with Gasteiger partial charge >= 0.3 is 0 Å². The number of amides is 1. The van der Waals surface area contributed by atoms with E-state index in [2.05, 4.69) is 43.4 Å². The molecule has 0 aromatic heterocycles. The third-order valence-corrected chi connectivity index (χ3v) is 3.81. The highest BCUT2D eigenvalue weighted by Crippen LogP contribution is 2.14. The Bertz CT molecular complexity index is 425. The molecule has 3 heteroatoms. The van der Waals surface area contributed by atoms with Crippen LogP contribution in [0.3, 0.4) is 0 Å². The van der Waals surface area contributed by atoms with Gasteiger partial charge in [0.1, 0.15) is 0 Å². The molecular weight excluding hydrogens is 236 g/mol. The Morgan fingerprint density at radius 3 is 2.74 bits per heavy atom. The Kier molecular flexibility index (Phi) is 4.97. The Labute approximate surface area is 116 Å². The molecule has 2 rings (SSSR count). The molecule has 1 unspecified atom stereocenters. The van der Waals surface area contributed by atoms with E-state index < -0.39 is 0 Å².